The summed E-state index contributed by atoms with van der Waals surface area (Å²) in [6, 6.07) is -0.121. The number of rotatable bonds is 5. The van der Waals surface area contributed by atoms with E-state index in [1.165, 1.54) is 6.42 Å². The topological polar surface area (TPSA) is 61.4 Å². The van der Waals surface area contributed by atoms with Crippen molar-refractivity contribution in [1.29, 1.82) is 0 Å². The lowest BCUT2D eigenvalue weighted by atomic mass is 10.0. The lowest BCUT2D eigenvalue weighted by molar-refractivity contribution is -0.122. The second-order valence-corrected chi connectivity index (χ2v) is 4.05. The van der Waals surface area contributed by atoms with Crippen LogP contribution in [0.1, 0.15) is 26.2 Å². The highest BCUT2D eigenvalue weighted by atomic mass is 16.3. The van der Waals surface area contributed by atoms with Gasteiger partial charge < -0.3 is 15.7 Å². The number of aliphatic hydroxyl groups excluding tert-OH is 1. The largest absolute Gasteiger partial charge is 0.394 e. The zero-order valence-corrected chi connectivity index (χ0v) is 8.75. The van der Waals surface area contributed by atoms with Gasteiger partial charge in [0.25, 0.3) is 0 Å². The molecule has 0 spiro atoms. The van der Waals surface area contributed by atoms with Crippen LogP contribution >= 0.6 is 0 Å². The molecule has 1 aliphatic rings. The number of aliphatic hydroxyl groups is 1. The molecule has 4 nitrogen and oxygen atoms in total. The molecule has 1 saturated heterocycles. The van der Waals surface area contributed by atoms with Crippen LogP contribution in [0.25, 0.3) is 0 Å². The molecule has 3 N–H and O–H groups in total. The molecule has 0 aromatic heterocycles. The van der Waals surface area contributed by atoms with Crippen molar-refractivity contribution in [3.8, 4) is 0 Å². The maximum atomic E-state index is 11.3. The quantitative estimate of drug-likeness (QED) is 0.579. The Morgan fingerprint density at radius 1 is 1.71 bits per heavy atom. The third-order valence-electron chi connectivity index (χ3n) is 2.62. The molecule has 1 unspecified atom stereocenters. The zero-order chi connectivity index (χ0) is 10.4. The monoisotopic (exact) mass is 200 g/mol. The molecule has 1 heterocycles. The Hall–Kier alpha value is -0.610. The van der Waals surface area contributed by atoms with Gasteiger partial charge in [-0.25, -0.2) is 0 Å². The van der Waals surface area contributed by atoms with Crippen molar-refractivity contribution in [2.75, 3.05) is 19.7 Å². The SMILES string of the molecule is C[C@H](CO)NC(=O)CCC1CCNC1. The van der Waals surface area contributed by atoms with E-state index in [2.05, 4.69) is 10.6 Å². The minimum atomic E-state index is -0.121. The molecule has 0 saturated carbocycles. The van der Waals surface area contributed by atoms with Crippen molar-refractivity contribution < 1.29 is 9.90 Å². The summed E-state index contributed by atoms with van der Waals surface area (Å²) in [5.41, 5.74) is 0. The maximum absolute atomic E-state index is 11.3. The summed E-state index contributed by atoms with van der Waals surface area (Å²) in [6.07, 6.45) is 2.72. The van der Waals surface area contributed by atoms with E-state index >= 15 is 0 Å². The molecule has 14 heavy (non-hydrogen) atoms. The van der Waals surface area contributed by atoms with E-state index in [4.69, 9.17) is 5.11 Å². The Kier molecular flexibility index (Phi) is 4.90. The molecule has 1 amide bonds. The minimum Gasteiger partial charge on any atom is -0.394 e. The number of hydrogen-bond acceptors (Lipinski definition) is 3. The summed E-state index contributed by atoms with van der Waals surface area (Å²) in [5, 5.41) is 14.8. The van der Waals surface area contributed by atoms with Crippen molar-refractivity contribution in [2.45, 2.75) is 32.2 Å². The number of hydrogen-bond donors (Lipinski definition) is 3. The molecular formula is C10H20N2O2. The van der Waals surface area contributed by atoms with Crippen LogP contribution in [0, 0.1) is 5.92 Å². The van der Waals surface area contributed by atoms with Crippen molar-refractivity contribution in [2.24, 2.45) is 5.92 Å². The fraction of sp³-hybridized carbons (Fsp3) is 0.900. The van der Waals surface area contributed by atoms with Crippen LogP contribution in [0.2, 0.25) is 0 Å². The van der Waals surface area contributed by atoms with E-state index in [9.17, 15) is 4.79 Å². The molecule has 1 rings (SSSR count). The second kappa shape index (κ2) is 5.98. The molecule has 2 atom stereocenters. The smallest absolute Gasteiger partial charge is 0.220 e. The summed E-state index contributed by atoms with van der Waals surface area (Å²) < 4.78 is 0. The number of carbonyl (C=O) groups excluding carboxylic acids is 1. The van der Waals surface area contributed by atoms with Gasteiger partial charge in [0.05, 0.1) is 6.61 Å². The third kappa shape index (κ3) is 4.07. The molecule has 0 aromatic carbocycles. The van der Waals surface area contributed by atoms with Crippen LogP contribution in [0.4, 0.5) is 0 Å². The third-order valence-corrected chi connectivity index (χ3v) is 2.62. The summed E-state index contributed by atoms with van der Waals surface area (Å²) in [7, 11) is 0. The van der Waals surface area contributed by atoms with E-state index < -0.39 is 0 Å². The fourth-order valence-corrected chi connectivity index (χ4v) is 1.69. The van der Waals surface area contributed by atoms with Crippen molar-refractivity contribution >= 4 is 5.91 Å². The minimum absolute atomic E-state index is 0.0106. The highest BCUT2D eigenvalue weighted by Crippen LogP contribution is 2.13. The lowest BCUT2D eigenvalue weighted by Gasteiger charge is -2.12. The molecule has 4 heteroatoms. The van der Waals surface area contributed by atoms with Crippen molar-refractivity contribution in [1.82, 2.24) is 10.6 Å². The molecule has 0 bridgehead atoms. The van der Waals surface area contributed by atoms with E-state index in [0.29, 0.717) is 12.3 Å². The zero-order valence-electron chi connectivity index (χ0n) is 8.75. The van der Waals surface area contributed by atoms with E-state index in [1.54, 1.807) is 6.92 Å². The Bertz CT molecular complexity index is 179. The van der Waals surface area contributed by atoms with Gasteiger partial charge in [-0.05, 0) is 38.8 Å². The van der Waals surface area contributed by atoms with Gasteiger partial charge in [0.1, 0.15) is 0 Å². The predicted octanol–water partition coefficient (Wildman–Crippen LogP) is -0.127. The average molecular weight is 200 g/mol. The summed E-state index contributed by atoms with van der Waals surface area (Å²) in [4.78, 5) is 11.3. The number of amides is 1. The molecule has 0 radical (unpaired) electrons. The first-order chi connectivity index (χ1) is 6.72. The van der Waals surface area contributed by atoms with Gasteiger partial charge in [-0.15, -0.1) is 0 Å². The standard InChI is InChI=1S/C10H20N2O2/c1-8(7-13)12-10(14)3-2-9-4-5-11-6-9/h8-9,11,13H,2-7H2,1H3,(H,12,14)/t8-,9?/m1/s1. The Morgan fingerprint density at radius 3 is 3.07 bits per heavy atom. The first-order valence-electron chi connectivity index (χ1n) is 5.33. The van der Waals surface area contributed by atoms with E-state index in [0.717, 1.165) is 19.5 Å². The van der Waals surface area contributed by atoms with Crippen LogP contribution in [-0.2, 0) is 4.79 Å². The molecule has 1 fully saturated rings. The Morgan fingerprint density at radius 2 is 2.50 bits per heavy atom. The van der Waals surface area contributed by atoms with Gasteiger partial charge in [0.15, 0.2) is 0 Å². The lowest BCUT2D eigenvalue weighted by Crippen LogP contribution is -2.35. The van der Waals surface area contributed by atoms with Crippen molar-refractivity contribution in [3.63, 3.8) is 0 Å². The van der Waals surface area contributed by atoms with Gasteiger partial charge in [-0.2, -0.15) is 0 Å². The van der Waals surface area contributed by atoms with Gasteiger partial charge in [-0.3, -0.25) is 4.79 Å². The van der Waals surface area contributed by atoms with Crippen LogP contribution in [0.5, 0.6) is 0 Å². The van der Waals surface area contributed by atoms with E-state index in [1.807, 2.05) is 0 Å². The van der Waals surface area contributed by atoms with Crippen molar-refractivity contribution in [3.05, 3.63) is 0 Å². The molecule has 0 aliphatic carbocycles. The Labute approximate surface area is 85.1 Å². The van der Waals surface area contributed by atoms with Crippen LogP contribution < -0.4 is 10.6 Å². The molecule has 1 aliphatic heterocycles. The summed E-state index contributed by atoms with van der Waals surface area (Å²) >= 11 is 0. The fourth-order valence-electron chi connectivity index (χ4n) is 1.69. The first kappa shape index (κ1) is 11.5. The van der Waals surface area contributed by atoms with Gasteiger partial charge in [0, 0.05) is 12.5 Å². The average Bonchev–Trinajstić information content (AvgIpc) is 2.67. The normalized spacial score (nSPS) is 23.4. The highest BCUT2D eigenvalue weighted by Gasteiger charge is 2.15. The molecule has 0 aromatic rings. The number of nitrogens with one attached hydrogen (secondary N) is 2. The van der Waals surface area contributed by atoms with Crippen LogP contribution in [0.3, 0.4) is 0 Å². The molecular weight excluding hydrogens is 180 g/mol. The van der Waals surface area contributed by atoms with E-state index in [-0.39, 0.29) is 18.6 Å². The summed E-state index contributed by atoms with van der Waals surface area (Å²) in [6.45, 7) is 3.94. The first-order valence-corrected chi connectivity index (χ1v) is 5.33. The maximum Gasteiger partial charge on any atom is 0.220 e. The number of carbonyl (C=O) groups is 1. The van der Waals surface area contributed by atoms with Crippen LogP contribution in [0.15, 0.2) is 0 Å². The highest BCUT2D eigenvalue weighted by molar-refractivity contribution is 5.76. The van der Waals surface area contributed by atoms with Gasteiger partial charge in [0.2, 0.25) is 5.91 Å². The Balaban J connectivity index is 2.08. The van der Waals surface area contributed by atoms with Gasteiger partial charge in [-0.1, -0.05) is 0 Å². The molecule has 82 valence electrons. The second-order valence-electron chi connectivity index (χ2n) is 4.05. The predicted molar refractivity (Wildman–Crippen MR) is 54.9 cm³/mol. The summed E-state index contributed by atoms with van der Waals surface area (Å²) in [5.74, 6) is 0.712. The van der Waals surface area contributed by atoms with Crippen LogP contribution in [-0.4, -0.2) is 36.8 Å². The van der Waals surface area contributed by atoms with Gasteiger partial charge >= 0.3 is 0 Å².